The zero-order valence-corrected chi connectivity index (χ0v) is 7.53. The van der Waals surface area contributed by atoms with Crippen molar-refractivity contribution in [1.29, 1.82) is 0 Å². The number of thioether (sulfide) groups is 1. The van der Waals surface area contributed by atoms with Crippen molar-refractivity contribution >= 4 is 17.4 Å². The zero-order chi connectivity index (χ0) is 7.84. The second-order valence-corrected chi connectivity index (χ2v) is 4.29. The molecule has 1 unspecified atom stereocenters. The minimum absolute atomic E-state index is 0.534. The van der Waals surface area contributed by atoms with Crippen LogP contribution in [0.15, 0.2) is 23.1 Å². The maximum Gasteiger partial charge on any atom is 0.0741 e. The molecule has 2 rings (SSSR count). The third-order valence-corrected chi connectivity index (χ3v) is 2.86. The van der Waals surface area contributed by atoms with E-state index < -0.39 is 0 Å². The van der Waals surface area contributed by atoms with Gasteiger partial charge in [-0.3, -0.25) is 0 Å². The van der Waals surface area contributed by atoms with Crippen molar-refractivity contribution in [3.63, 3.8) is 0 Å². The average molecular weight is 165 g/mol. The van der Waals surface area contributed by atoms with Crippen molar-refractivity contribution in [2.75, 3.05) is 5.32 Å². The van der Waals surface area contributed by atoms with E-state index in [1.54, 1.807) is 0 Å². The fourth-order valence-corrected chi connectivity index (χ4v) is 2.36. The molecular formula is C9H11NS. The third kappa shape index (κ3) is 1.23. The fourth-order valence-electron chi connectivity index (χ4n) is 1.29. The molecule has 58 valence electrons. The van der Waals surface area contributed by atoms with Crippen LogP contribution < -0.4 is 5.32 Å². The summed E-state index contributed by atoms with van der Waals surface area (Å²) in [5.41, 5.74) is 2.63. The van der Waals surface area contributed by atoms with Gasteiger partial charge >= 0.3 is 0 Å². The number of hydrogen-bond acceptors (Lipinski definition) is 2. The Bertz CT molecular complexity index is 283. The number of hydrogen-bond donors (Lipinski definition) is 1. The Morgan fingerprint density at radius 1 is 1.45 bits per heavy atom. The van der Waals surface area contributed by atoms with E-state index in [1.165, 1.54) is 16.1 Å². The lowest BCUT2D eigenvalue weighted by molar-refractivity contribution is 1.15. The highest BCUT2D eigenvalue weighted by atomic mass is 32.2. The summed E-state index contributed by atoms with van der Waals surface area (Å²) in [6.45, 7) is 4.31. The summed E-state index contributed by atoms with van der Waals surface area (Å²) in [6.07, 6.45) is 0. The van der Waals surface area contributed by atoms with Gasteiger partial charge in [0.15, 0.2) is 0 Å². The standard InChI is InChI=1S/C9H11NS/c1-6-3-4-8-9(5-6)11-7(2)10-8/h3-5,7,10H,1-2H3. The molecule has 1 N–H and O–H groups in total. The Morgan fingerprint density at radius 3 is 3.09 bits per heavy atom. The van der Waals surface area contributed by atoms with E-state index in [2.05, 4.69) is 37.4 Å². The van der Waals surface area contributed by atoms with E-state index in [0.29, 0.717) is 5.37 Å². The average Bonchev–Trinajstić information content (AvgIpc) is 2.27. The van der Waals surface area contributed by atoms with Crippen LogP contribution in [-0.2, 0) is 0 Å². The van der Waals surface area contributed by atoms with Crippen molar-refractivity contribution < 1.29 is 0 Å². The van der Waals surface area contributed by atoms with E-state index in [4.69, 9.17) is 0 Å². The van der Waals surface area contributed by atoms with E-state index in [-0.39, 0.29) is 0 Å². The third-order valence-electron chi connectivity index (χ3n) is 1.80. The Morgan fingerprint density at radius 2 is 2.27 bits per heavy atom. The SMILES string of the molecule is Cc1ccc2c(c1)SC(C)N2. The molecule has 1 aliphatic rings. The maximum absolute atomic E-state index is 3.39. The van der Waals surface area contributed by atoms with Crippen LogP contribution in [0.2, 0.25) is 0 Å². The second kappa shape index (κ2) is 2.45. The first-order valence-corrected chi connectivity index (χ1v) is 4.67. The number of anilines is 1. The Hall–Kier alpha value is -0.630. The number of fused-ring (bicyclic) bond motifs is 1. The second-order valence-electron chi connectivity index (χ2n) is 2.90. The van der Waals surface area contributed by atoms with Crippen LogP contribution in [0.5, 0.6) is 0 Å². The Kier molecular flexibility index (Phi) is 1.57. The first-order chi connectivity index (χ1) is 5.25. The van der Waals surface area contributed by atoms with Crippen LogP contribution in [0, 0.1) is 6.92 Å². The summed E-state index contributed by atoms with van der Waals surface area (Å²) in [5.74, 6) is 0. The molecule has 1 nitrogen and oxygen atoms in total. The molecule has 0 aromatic heterocycles. The van der Waals surface area contributed by atoms with Gasteiger partial charge in [-0.05, 0) is 31.5 Å². The number of rotatable bonds is 0. The van der Waals surface area contributed by atoms with E-state index in [9.17, 15) is 0 Å². The molecule has 0 saturated heterocycles. The van der Waals surface area contributed by atoms with Gasteiger partial charge < -0.3 is 5.32 Å². The van der Waals surface area contributed by atoms with Crippen LogP contribution >= 0.6 is 11.8 Å². The molecule has 1 atom stereocenters. The Balaban J connectivity index is 2.43. The first-order valence-electron chi connectivity index (χ1n) is 3.79. The summed E-state index contributed by atoms with van der Waals surface area (Å²) in [7, 11) is 0. The molecule has 0 aliphatic carbocycles. The molecule has 1 aromatic rings. The quantitative estimate of drug-likeness (QED) is 0.634. The number of benzene rings is 1. The first kappa shape index (κ1) is 7.04. The van der Waals surface area contributed by atoms with E-state index >= 15 is 0 Å². The maximum atomic E-state index is 3.39. The molecule has 0 fully saturated rings. The van der Waals surface area contributed by atoms with Gasteiger partial charge in [-0.15, -0.1) is 0 Å². The fraction of sp³-hybridized carbons (Fsp3) is 0.333. The highest BCUT2D eigenvalue weighted by Gasteiger charge is 2.16. The molecular weight excluding hydrogens is 154 g/mol. The largest absolute Gasteiger partial charge is 0.372 e. The summed E-state index contributed by atoms with van der Waals surface area (Å²) < 4.78 is 0. The monoisotopic (exact) mass is 165 g/mol. The predicted molar refractivity (Wildman–Crippen MR) is 50.1 cm³/mol. The molecule has 11 heavy (non-hydrogen) atoms. The highest BCUT2D eigenvalue weighted by Crippen LogP contribution is 2.38. The minimum atomic E-state index is 0.534. The minimum Gasteiger partial charge on any atom is -0.372 e. The van der Waals surface area contributed by atoms with Crippen LogP contribution in [0.25, 0.3) is 0 Å². The van der Waals surface area contributed by atoms with Crippen LogP contribution in [0.1, 0.15) is 12.5 Å². The zero-order valence-electron chi connectivity index (χ0n) is 6.72. The molecule has 1 aromatic carbocycles. The van der Waals surface area contributed by atoms with Gasteiger partial charge in [0.1, 0.15) is 0 Å². The van der Waals surface area contributed by atoms with Crippen LogP contribution in [-0.4, -0.2) is 5.37 Å². The molecule has 0 saturated carbocycles. The molecule has 0 radical (unpaired) electrons. The topological polar surface area (TPSA) is 12.0 Å². The smallest absolute Gasteiger partial charge is 0.0741 e. The highest BCUT2D eigenvalue weighted by molar-refractivity contribution is 8.00. The molecule has 2 heteroatoms. The van der Waals surface area contributed by atoms with Crippen LogP contribution in [0.3, 0.4) is 0 Å². The molecule has 1 aliphatic heterocycles. The van der Waals surface area contributed by atoms with E-state index in [1.807, 2.05) is 11.8 Å². The van der Waals surface area contributed by atoms with Crippen molar-refractivity contribution in [3.8, 4) is 0 Å². The summed E-state index contributed by atoms with van der Waals surface area (Å²) in [4.78, 5) is 1.39. The lowest BCUT2D eigenvalue weighted by Gasteiger charge is -1.99. The number of nitrogens with one attached hydrogen (secondary N) is 1. The van der Waals surface area contributed by atoms with Crippen LogP contribution in [0.4, 0.5) is 5.69 Å². The van der Waals surface area contributed by atoms with Crippen molar-refractivity contribution in [2.45, 2.75) is 24.1 Å². The molecule has 0 amide bonds. The van der Waals surface area contributed by atoms with Gasteiger partial charge in [0.05, 0.1) is 5.37 Å². The van der Waals surface area contributed by atoms with Crippen molar-refractivity contribution in [1.82, 2.24) is 0 Å². The van der Waals surface area contributed by atoms with Crippen molar-refractivity contribution in [3.05, 3.63) is 23.8 Å². The van der Waals surface area contributed by atoms with Gasteiger partial charge in [-0.2, -0.15) is 0 Å². The van der Waals surface area contributed by atoms with E-state index in [0.717, 1.165) is 0 Å². The summed E-state index contributed by atoms with van der Waals surface area (Å²) in [5, 5.41) is 3.92. The lowest BCUT2D eigenvalue weighted by atomic mass is 10.2. The molecule has 0 spiro atoms. The van der Waals surface area contributed by atoms with Crippen molar-refractivity contribution in [2.24, 2.45) is 0 Å². The summed E-state index contributed by atoms with van der Waals surface area (Å²) >= 11 is 1.89. The normalized spacial score (nSPS) is 21.1. The molecule has 1 heterocycles. The predicted octanol–water partition coefficient (Wildman–Crippen LogP) is 2.86. The van der Waals surface area contributed by atoms with Gasteiger partial charge in [-0.25, -0.2) is 0 Å². The van der Waals surface area contributed by atoms with Gasteiger partial charge in [0.2, 0.25) is 0 Å². The Labute approximate surface area is 71.2 Å². The lowest BCUT2D eigenvalue weighted by Crippen LogP contribution is -2.02. The summed E-state index contributed by atoms with van der Waals surface area (Å²) in [6, 6.07) is 6.53. The number of aryl methyl sites for hydroxylation is 1. The van der Waals surface area contributed by atoms with Gasteiger partial charge in [-0.1, -0.05) is 17.8 Å². The van der Waals surface area contributed by atoms with Gasteiger partial charge in [0.25, 0.3) is 0 Å². The van der Waals surface area contributed by atoms with Gasteiger partial charge in [0, 0.05) is 10.6 Å². The molecule has 0 bridgehead atoms.